The van der Waals surface area contributed by atoms with Gasteiger partial charge in [0.05, 0.1) is 26.5 Å². The quantitative estimate of drug-likeness (QED) is 0.611. The second-order valence-electron chi connectivity index (χ2n) is 8.52. The minimum Gasteiger partial charge on any atom is -0.493 e. The minimum atomic E-state index is -0.725. The fourth-order valence-electron chi connectivity index (χ4n) is 4.71. The number of hydrogen-bond donors (Lipinski definition) is 0. The van der Waals surface area contributed by atoms with Crippen LogP contribution in [0.3, 0.4) is 0 Å². The van der Waals surface area contributed by atoms with Gasteiger partial charge in [0.25, 0.3) is 5.91 Å². The Balaban J connectivity index is 1.68. The molecule has 1 saturated carbocycles. The summed E-state index contributed by atoms with van der Waals surface area (Å²) in [5, 5.41) is 0. The zero-order valence-electron chi connectivity index (χ0n) is 18.9. The lowest BCUT2D eigenvalue weighted by Gasteiger charge is -2.44. The van der Waals surface area contributed by atoms with E-state index in [2.05, 4.69) is 0 Å². The summed E-state index contributed by atoms with van der Waals surface area (Å²) in [6.45, 7) is 2.99. The maximum Gasteiger partial charge on any atom is 0.250 e. The van der Waals surface area contributed by atoms with Crippen molar-refractivity contribution in [2.24, 2.45) is 0 Å². The van der Waals surface area contributed by atoms with E-state index in [9.17, 15) is 9.59 Å². The van der Waals surface area contributed by atoms with Crippen LogP contribution in [0, 0.1) is 0 Å². The molecule has 0 radical (unpaired) electrons. The number of rotatable bonds is 8. The highest BCUT2D eigenvalue weighted by molar-refractivity contribution is 5.96. The van der Waals surface area contributed by atoms with Crippen LogP contribution in [0.2, 0.25) is 0 Å². The summed E-state index contributed by atoms with van der Waals surface area (Å²) >= 11 is 0. The van der Waals surface area contributed by atoms with Gasteiger partial charge >= 0.3 is 0 Å². The fourth-order valence-corrected chi connectivity index (χ4v) is 4.71. The number of hydrogen-bond acceptors (Lipinski definition) is 5. The number of piperazine rings is 1. The van der Waals surface area contributed by atoms with Crippen molar-refractivity contribution in [3.8, 4) is 11.5 Å². The van der Waals surface area contributed by atoms with Gasteiger partial charge in [0.15, 0.2) is 11.5 Å². The standard InChI is InChI=1S/C25H32N2O5/c1-3-13-32-21-12-11-18(15-22(21)30-2)24-25(29)26(19-8-5-4-6-9-19)17-23(28)27(24)16-20-10-7-14-31-20/h7,10-12,14-15,19,24H,3-6,8-9,13,16-17H2,1-2H3/t24-/m0/s1. The number of carbonyl (C=O) groups excluding carboxylic acids is 2. The SMILES string of the molecule is CCCOc1ccc([C@H]2C(=O)N(C3CCCCC3)CC(=O)N2Cc2ccco2)cc1OC. The minimum absolute atomic E-state index is 0.0349. The summed E-state index contributed by atoms with van der Waals surface area (Å²) in [5.41, 5.74) is 0.719. The third kappa shape index (κ3) is 4.61. The van der Waals surface area contributed by atoms with Gasteiger partial charge in [-0.3, -0.25) is 9.59 Å². The molecule has 1 aliphatic carbocycles. The van der Waals surface area contributed by atoms with Crippen molar-refractivity contribution >= 4 is 11.8 Å². The molecule has 1 aromatic heterocycles. The molecule has 2 aromatic rings. The Bertz CT molecular complexity index is 920. The first kappa shape index (κ1) is 22.2. The van der Waals surface area contributed by atoms with Crippen molar-refractivity contribution in [2.75, 3.05) is 20.3 Å². The molecule has 1 aliphatic heterocycles. The monoisotopic (exact) mass is 440 g/mol. The Hall–Kier alpha value is -2.96. The highest BCUT2D eigenvalue weighted by Crippen LogP contribution is 2.37. The van der Waals surface area contributed by atoms with Crippen LogP contribution in [0.25, 0.3) is 0 Å². The molecule has 2 heterocycles. The molecule has 7 heteroatoms. The predicted molar refractivity (Wildman–Crippen MR) is 119 cm³/mol. The van der Waals surface area contributed by atoms with Gasteiger partial charge in [-0.25, -0.2) is 0 Å². The van der Waals surface area contributed by atoms with Gasteiger partial charge in [-0.15, -0.1) is 0 Å². The predicted octanol–water partition coefficient (Wildman–Crippen LogP) is 4.32. The number of amides is 2. The Morgan fingerprint density at radius 2 is 1.91 bits per heavy atom. The molecular weight excluding hydrogens is 408 g/mol. The van der Waals surface area contributed by atoms with E-state index in [0.717, 1.165) is 37.7 Å². The second-order valence-corrected chi connectivity index (χ2v) is 8.52. The van der Waals surface area contributed by atoms with Gasteiger partial charge in [0, 0.05) is 6.04 Å². The molecular formula is C25H32N2O5. The van der Waals surface area contributed by atoms with Crippen LogP contribution in [-0.2, 0) is 16.1 Å². The zero-order chi connectivity index (χ0) is 22.5. The first-order valence-electron chi connectivity index (χ1n) is 11.6. The van der Waals surface area contributed by atoms with Crippen LogP contribution in [0.1, 0.15) is 62.8 Å². The van der Waals surface area contributed by atoms with Crippen molar-refractivity contribution in [2.45, 2.75) is 64.1 Å². The zero-order valence-corrected chi connectivity index (χ0v) is 18.9. The largest absolute Gasteiger partial charge is 0.493 e. The van der Waals surface area contributed by atoms with E-state index in [1.165, 1.54) is 6.42 Å². The molecule has 1 aromatic carbocycles. The average molecular weight is 441 g/mol. The first-order chi connectivity index (χ1) is 15.6. The van der Waals surface area contributed by atoms with E-state index in [1.54, 1.807) is 29.2 Å². The first-order valence-corrected chi connectivity index (χ1v) is 11.6. The van der Waals surface area contributed by atoms with Crippen LogP contribution in [0.4, 0.5) is 0 Å². The van der Waals surface area contributed by atoms with Gasteiger partial charge in [0.2, 0.25) is 5.91 Å². The number of benzene rings is 1. The second kappa shape index (κ2) is 10.1. The van der Waals surface area contributed by atoms with Gasteiger partial charge in [0.1, 0.15) is 18.3 Å². The van der Waals surface area contributed by atoms with Crippen molar-refractivity contribution in [3.63, 3.8) is 0 Å². The number of furan rings is 1. The van der Waals surface area contributed by atoms with E-state index < -0.39 is 6.04 Å². The lowest BCUT2D eigenvalue weighted by molar-refractivity contribution is -0.160. The number of methoxy groups -OCH3 is 1. The van der Waals surface area contributed by atoms with Gasteiger partial charge < -0.3 is 23.7 Å². The van der Waals surface area contributed by atoms with E-state index in [1.807, 2.05) is 31.2 Å². The molecule has 0 bridgehead atoms. The molecule has 0 N–H and O–H groups in total. The molecule has 2 amide bonds. The van der Waals surface area contributed by atoms with Gasteiger partial charge in [-0.1, -0.05) is 32.3 Å². The van der Waals surface area contributed by atoms with Crippen LogP contribution < -0.4 is 9.47 Å². The summed E-state index contributed by atoms with van der Waals surface area (Å²) in [7, 11) is 1.58. The molecule has 32 heavy (non-hydrogen) atoms. The van der Waals surface area contributed by atoms with Crippen molar-refractivity contribution < 1.29 is 23.5 Å². The van der Waals surface area contributed by atoms with Crippen molar-refractivity contribution in [1.82, 2.24) is 9.80 Å². The Morgan fingerprint density at radius 1 is 1.09 bits per heavy atom. The van der Waals surface area contributed by atoms with Crippen LogP contribution in [0.15, 0.2) is 41.0 Å². The topological polar surface area (TPSA) is 72.2 Å². The van der Waals surface area contributed by atoms with Gasteiger partial charge in [-0.05, 0) is 49.1 Å². The summed E-state index contributed by atoms with van der Waals surface area (Å²) in [6, 6.07) is 8.53. The maximum atomic E-state index is 13.8. The smallest absolute Gasteiger partial charge is 0.250 e. The summed E-state index contributed by atoms with van der Waals surface area (Å²) in [4.78, 5) is 30.5. The fraction of sp³-hybridized carbons (Fsp3) is 0.520. The number of ether oxygens (including phenoxy) is 2. The van der Waals surface area contributed by atoms with Crippen LogP contribution in [-0.4, -0.2) is 47.9 Å². The van der Waals surface area contributed by atoms with E-state index in [-0.39, 0.29) is 30.9 Å². The molecule has 172 valence electrons. The molecule has 2 fully saturated rings. The molecule has 1 atom stereocenters. The summed E-state index contributed by atoms with van der Waals surface area (Å²) < 4.78 is 16.8. The average Bonchev–Trinajstić information content (AvgIpc) is 3.34. The lowest BCUT2D eigenvalue weighted by Crippen LogP contribution is -2.58. The lowest BCUT2D eigenvalue weighted by atomic mass is 9.91. The van der Waals surface area contributed by atoms with Crippen molar-refractivity contribution in [1.29, 1.82) is 0 Å². The third-order valence-corrected chi connectivity index (χ3v) is 6.34. The normalized spacial score (nSPS) is 20.0. The molecule has 1 saturated heterocycles. The highest BCUT2D eigenvalue weighted by Gasteiger charge is 2.43. The third-order valence-electron chi connectivity index (χ3n) is 6.34. The van der Waals surface area contributed by atoms with Crippen LogP contribution in [0.5, 0.6) is 11.5 Å². The number of nitrogens with zero attached hydrogens (tertiary/aromatic N) is 2. The number of carbonyl (C=O) groups is 2. The maximum absolute atomic E-state index is 13.8. The molecule has 0 spiro atoms. The van der Waals surface area contributed by atoms with E-state index >= 15 is 0 Å². The van der Waals surface area contributed by atoms with E-state index in [0.29, 0.717) is 23.9 Å². The Kier molecular flexibility index (Phi) is 7.02. The van der Waals surface area contributed by atoms with Crippen LogP contribution >= 0.6 is 0 Å². The van der Waals surface area contributed by atoms with Gasteiger partial charge in [-0.2, -0.15) is 0 Å². The molecule has 0 unspecified atom stereocenters. The molecule has 2 aliphatic rings. The Labute approximate surface area is 189 Å². The van der Waals surface area contributed by atoms with Crippen molar-refractivity contribution in [3.05, 3.63) is 47.9 Å². The molecule has 4 rings (SSSR count). The highest BCUT2D eigenvalue weighted by atomic mass is 16.5. The summed E-state index contributed by atoms with van der Waals surface area (Å²) in [6.07, 6.45) is 7.76. The summed E-state index contributed by atoms with van der Waals surface area (Å²) in [5.74, 6) is 1.74. The van der Waals surface area contributed by atoms with E-state index in [4.69, 9.17) is 13.9 Å². The molecule has 7 nitrogen and oxygen atoms in total. The Morgan fingerprint density at radius 3 is 2.59 bits per heavy atom.